The predicted molar refractivity (Wildman–Crippen MR) is 150 cm³/mol. The topological polar surface area (TPSA) is 84.8 Å². The maximum Gasteiger partial charge on any atom is 0.275 e. The number of nitrogens with zero attached hydrogens (tertiary/aromatic N) is 2. The lowest BCUT2D eigenvalue weighted by Gasteiger charge is -2.19. The van der Waals surface area contributed by atoms with Crippen LogP contribution in [-0.4, -0.2) is 26.2 Å². The van der Waals surface area contributed by atoms with Gasteiger partial charge in [-0.25, -0.2) is 9.36 Å². The van der Waals surface area contributed by atoms with E-state index in [1.54, 1.807) is 0 Å². The normalized spacial score (nSPS) is 11.3. The van der Waals surface area contributed by atoms with Gasteiger partial charge in [0.25, 0.3) is 11.1 Å². The molecule has 0 amide bonds. The van der Waals surface area contributed by atoms with E-state index in [0.717, 1.165) is 29.8 Å². The molecule has 0 aliphatic rings. The third-order valence-corrected chi connectivity index (χ3v) is 6.83. The zero-order valence-electron chi connectivity index (χ0n) is 21.9. The average molecular weight is 509 g/mol. The molecule has 0 aliphatic carbocycles. The molecule has 0 saturated carbocycles. The molecule has 0 atom stereocenters. The minimum absolute atomic E-state index is 0.201. The van der Waals surface area contributed by atoms with Gasteiger partial charge >= 0.3 is 0 Å². The monoisotopic (exact) mass is 508 g/mol. The summed E-state index contributed by atoms with van der Waals surface area (Å²) in [7, 11) is 0. The van der Waals surface area contributed by atoms with E-state index in [1.165, 1.54) is 9.36 Å². The highest BCUT2D eigenvalue weighted by Crippen LogP contribution is 2.37. The van der Waals surface area contributed by atoms with Crippen LogP contribution in [0.1, 0.15) is 53.8 Å². The van der Waals surface area contributed by atoms with Crippen molar-refractivity contribution < 1.29 is 4.74 Å². The van der Waals surface area contributed by atoms with Gasteiger partial charge in [0, 0.05) is 17.0 Å². The third kappa shape index (κ3) is 4.63. The highest BCUT2D eigenvalue weighted by atomic mass is 16.5. The van der Waals surface area contributed by atoms with Crippen LogP contribution < -0.4 is 15.9 Å². The second-order valence-corrected chi connectivity index (χ2v) is 9.43. The number of rotatable bonds is 9. The van der Waals surface area contributed by atoms with Crippen LogP contribution in [0.5, 0.6) is 5.75 Å². The maximum atomic E-state index is 14.0. The van der Waals surface area contributed by atoms with Gasteiger partial charge < -0.3 is 4.74 Å². The molecule has 0 fully saturated rings. The van der Waals surface area contributed by atoms with Crippen molar-refractivity contribution in [3.8, 4) is 17.1 Å². The van der Waals surface area contributed by atoms with Gasteiger partial charge in [0.2, 0.25) is 0 Å². The first-order valence-corrected chi connectivity index (χ1v) is 13.0. The van der Waals surface area contributed by atoms with Crippen LogP contribution >= 0.6 is 0 Å². The van der Waals surface area contributed by atoms with Crippen molar-refractivity contribution in [2.24, 2.45) is 0 Å². The molecular formula is C31H32N4O3. The number of aromatic nitrogens is 4. The van der Waals surface area contributed by atoms with Crippen LogP contribution in [0.15, 0.2) is 94.5 Å². The average Bonchev–Trinajstić information content (AvgIpc) is 3.41. The molecular weight excluding hydrogens is 476 g/mol. The van der Waals surface area contributed by atoms with Crippen LogP contribution in [0, 0.1) is 13.8 Å². The van der Waals surface area contributed by atoms with Crippen molar-refractivity contribution in [3.05, 3.63) is 134 Å². The second kappa shape index (κ2) is 10.8. The Morgan fingerprint density at radius 1 is 0.711 bits per heavy atom. The van der Waals surface area contributed by atoms with Gasteiger partial charge in [-0.1, -0.05) is 67.9 Å². The SMILES string of the molecule is CCCCOc1ccccc1C(c1c(C)[nH]n(-c2ccccc2)c1=O)c1c(C)[nH]n(-c2ccccc2)c1=O. The van der Waals surface area contributed by atoms with Crippen LogP contribution in [0.4, 0.5) is 0 Å². The van der Waals surface area contributed by atoms with Gasteiger partial charge in [-0.2, -0.15) is 0 Å². The van der Waals surface area contributed by atoms with Gasteiger partial charge in [-0.15, -0.1) is 0 Å². The lowest BCUT2D eigenvalue weighted by Crippen LogP contribution is -2.25. The van der Waals surface area contributed by atoms with Gasteiger partial charge in [-0.05, 0) is 50.6 Å². The number of hydrogen-bond donors (Lipinski definition) is 2. The molecule has 5 aromatic rings. The molecule has 194 valence electrons. The van der Waals surface area contributed by atoms with Crippen LogP contribution in [0.2, 0.25) is 0 Å². The first kappa shape index (κ1) is 25.1. The number of nitrogens with one attached hydrogen (secondary N) is 2. The summed E-state index contributed by atoms with van der Waals surface area (Å²) in [4.78, 5) is 28.0. The van der Waals surface area contributed by atoms with E-state index in [1.807, 2.05) is 98.8 Å². The fraction of sp³-hybridized carbons (Fsp3) is 0.226. The van der Waals surface area contributed by atoms with E-state index in [4.69, 9.17) is 4.74 Å². The van der Waals surface area contributed by atoms with E-state index >= 15 is 0 Å². The van der Waals surface area contributed by atoms with Crippen LogP contribution in [0.3, 0.4) is 0 Å². The number of benzene rings is 3. The molecule has 0 bridgehead atoms. The zero-order valence-corrected chi connectivity index (χ0v) is 21.9. The number of ether oxygens (including phenoxy) is 1. The summed E-state index contributed by atoms with van der Waals surface area (Å²) in [5.41, 5.74) is 4.25. The Morgan fingerprint density at radius 2 is 1.18 bits per heavy atom. The largest absolute Gasteiger partial charge is 0.493 e. The Kier molecular flexibility index (Phi) is 7.18. The van der Waals surface area contributed by atoms with E-state index in [0.29, 0.717) is 34.9 Å². The molecule has 0 radical (unpaired) electrons. The first-order chi connectivity index (χ1) is 18.5. The quantitative estimate of drug-likeness (QED) is 0.254. The van der Waals surface area contributed by atoms with Crippen molar-refractivity contribution in [2.75, 3.05) is 6.61 Å². The molecule has 2 N–H and O–H groups in total. The highest BCUT2D eigenvalue weighted by Gasteiger charge is 2.32. The van der Waals surface area contributed by atoms with Crippen LogP contribution in [-0.2, 0) is 0 Å². The van der Waals surface area contributed by atoms with E-state index in [-0.39, 0.29) is 11.1 Å². The molecule has 0 aliphatic heterocycles. The Labute approximate surface area is 221 Å². The summed E-state index contributed by atoms with van der Waals surface area (Å²) >= 11 is 0. The molecule has 2 heterocycles. The number of aromatic amines is 2. The molecule has 2 aromatic heterocycles. The lowest BCUT2D eigenvalue weighted by molar-refractivity contribution is 0.306. The van der Waals surface area contributed by atoms with Gasteiger partial charge in [-0.3, -0.25) is 19.8 Å². The number of hydrogen-bond acceptors (Lipinski definition) is 3. The molecule has 0 unspecified atom stereocenters. The van der Waals surface area contributed by atoms with Crippen molar-refractivity contribution in [3.63, 3.8) is 0 Å². The number of H-pyrrole nitrogens is 2. The Bertz CT molecular complexity index is 1540. The van der Waals surface area contributed by atoms with Crippen molar-refractivity contribution in [1.82, 2.24) is 19.6 Å². The molecule has 5 rings (SSSR count). The summed E-state index contributed by atoms with van der Waals surface area (Å²) in [6, 6.07) is 26.6. The van der Waals surface area contributed by atoms with E-state index < -0.39 is 5.92 Å². The number of unbranched alkanes of at least 4 members (excludes halogenated alkanes) is 1. The summed E-state index contributed by atoms with van der Waals surface area (Å²) in [6.45, 7) is 6.42. The molecule has 0 saturated heterocycles. The summed E-state index contributed by atoms with van der Waals surface area (Å²) in [5.74, 6) is 0.0266. The molecule has 0 spiro atoms. The summed E-state index contributed by atoms with van der Waals surface area (Å²) in [5, 5.41) is 6.49. The Morgan fingerprint density at radius 3 is 1.68 bits per heavy atom. The van der Waals surface area contributed by atoms with E-state index in [9.17, 15) is 9.59 Å². The Hall–Kier alpha value is -4.52. The molecule has 3 aromatic carbocycles. The summed E-state index contributed by atoms with van der Waals surface area (Å²) in [6.07, 6.45) is 1.91. The van der Waals surface area contributed by atoms with Gasteiger partial charge in [0.05, 0.1) is 35.0 Å². The van der Waals surface area contributed by atoms with Crippen LogP contribution in [0.25, 0.3) is 11.4 Å². The first-order valence-electron chi connectivity index (χ1n) is 13.0. The minimum Gasteiger partial charge on any atom is -0.493 e. The van der Waals surface area contributed by atoms with E-state index in [2.05, 4.69) is 17.1 Å². The number of aryl methyl sites for hydroxylation is 2. The lowest BCUT2D eigenvalue weighted by atomic mass is 9.84. The van der Waals surface area contributed by atoms with Crippen molar-refractivity contribution >= 4 is 0 Å². The highest BCUT2D eigenvalue weighted by molar-refractivity contribution is 5.52. The predicted octanol–water partition coefficient (Wildman–Crippen LogP) is 5.62. The van der Waals surface area contributed by atoms with Crippen molar-refractivity contribution in [1.29, 1.82) is 0 Å². The smallest absolute Gasteiger partial charge is 0.275 e. The second-order valence-electron chi connectivity index (χ2n) is 9.43. The Balaban J connectivity index is 1.76. The zero-order chi connectivity index (χ0) is 26.6. The number of para-hydroxylation sites is 3. The maximum absolute atomic E-state index is 14.0. The standard InChI is InChI=1S/C31H32N4O3/c1-4-5-20-38-26-19-13-12-18-25(26)29(27-21(2)32-34(30(27)36)23-14-8-6-9-15-23)28-22(3)33-35(31(28)37)24-16-10-7-11-17-24/h6-19,29,32-33H,4-5,20H2,1-3H3. The molecule has 7 nitrogen and oxygen atoms in total. The van der Waals surface area contributed by atoms with Gasteiger partial charge in [0.1, 0.15) is 5.75 Å². The molecule has 7 heteroatoms. The minimum atomic E-state index is -0.643. The third-order valence-electron chi connectivity index (χ3n) is 6.83. The fourth-order valence-electron chi connectivity index (χ4n) is 4.95. The van der Waals surface area contributed by atoms with Crippen molar-refractivity contribution in [2.45, 2.75) is 39.5 Å². The van der Waals surface area contributed by atoms with Gasteiger partial charge in [0.15, 0.2) is 0 Å². The fourth-order valence-corrected chi connectivity index (χ4v) is 4.95. The molecule has 38 heavy (non-hydrogen) atoms. The summed E-state index contributed by atoms with van der Waals surface area (Å²) < 4.78 is 9.28.